The van der Waals surface area contributed by atoms with Gasteiger partial charge in [-0.05, 0) is 79.4 Å². The molecular formula is C22H28F3NO2. The molecule has 4 bridgehead atoms. The third-order valence-corrected chi connectivity index (χ3v) is 6.82. The highest BCUT2D eigenvalue weighted by atomic mass is 19.4. The highest BCUT2D eigenvalue weighted by Crippen LogP contribution is 2.60. The summed E-state index contributed by atoms with van der Waals surface area (Å²) in [5, 5.41) is 0. The molecule has 4 fully saturated rings. The maximum atomic E-state index is 12.9. The van der Waals surface area contributed by atoms with E-state index in [1.165, 1.54) is 38.5 Å². The van der Waals surface area contributed by atoms with Crippen molar-refractivity contribution < 1.29 is 22.7 Å². The number of carbonyl (C=O) groups excluding carboxylic acids is 1. The van der Waals surface area contributed by atoms with Crippen molar-refractivity contribution in [3.05, 3.63) is 35.4 Å². The van der Waals surface area contributed by atoms with E-state index >= 15 is 0 Å². The molecule has 0 radical (unpaired) electrons. The number of carbonyl (C=O) groups is 1. The summed E-state index contributed by atoms with van der Waals surface area (Å²) in [6, 6.07) is 6.71. The van der Waals surface area contributed by atoms with Crippen molar-refractivity contribution >= 4 is 5.91 Å². The Kier molecular flexibility index (Phi) is 5.19. The average molecular weight is 395 g/mol. The molecule has 3 nitrogen and oxygen atoms in total. The van der Waals surface area contributed by atoms with Crippen LogP contribution < -0.4 is 0 Å². The van der Waals surface area contributed by atoms with Crippen molar-refractivity contribution in [2.75, 3.05) is 20.2 Å². The molecule has 28 heavy (non-hydrogen) atoms. The molecule has 1 amide bonds. The number of halogens is 3. The van der Waals surface area contributed by atoms with Gasteiger partial charge >= 0.3 is 6.18 Å². The van der Waals surface area contributed by atoms with Crippen molar-refractivity contribution in [1.82, 2.24) is 4.90 Å². The van der Waals surface area contributed by atoms with Crippen LogP contribution in [0.5, 0.6) is 0 Å². The van der Waals surface area contributed by atoms with Gasteiger partial charge in [0.1, 0.15) is 6.61 Å². The highest BCUT2D eigenvalue weighted by molar-refractivity contribution is 5.94. The normalized spacial score (nSPS) is 31.2. The van der Waals surface area contributed by atoms with Crippen LogP contribution >= 0.6 is 0 Å². The fourth-order valence-corrected chi connectivity index (χ4v) is 6.31. The molecule has 0 N–H and O–H groups in total. The lowest BCUT2D eigenvalue weighted by Gasteiger charge is -2.57. The Balaban J connectivity index is 1.34. The van der Waals surface area contributed by atoms with Crippen molar-refractivity contribution in [3.63, 3.8) is 0 Å². The van der Waals surface area contributed by atoms with Crippen LogP contribution in [0, 0.1) is 23.2 Å². The van der Waals surface area contributed by atoms with Gasteiger partial charge in [0.2, 0.25) is 0 Å². The SMILES string of the molecule is CN(CC12CC3CC(CC(C3)C1)C2)C(=O)c1ccc(COCC(F)(F)F)cc1. The molecule has 1 aromatic rings. The first-order chi connectivity index (χ1) is 13.2. The number of rotatable bonds is 6. The molecule has 5 rings (SSSR count). The van der Waals surface area contributed by atoms with Crippen LogP contribution in [-0.4, -0.2) is 37.2 Å². The van der Waals surface area contributed by atoms with E-state index in [1.54, 1.807) is 24.3 Å². The predicted molar refractivity (Wildman–Crippen MR) is 99.7 cm³/mol. The van der Waals surface area contributed by atoms with Gasteiger partial charge in [-0.3, -0.25) is 4.79 Å². The summed E-state index contributed by atoms with van der Waals surface area (Å²) in [5.74, 6) is 2.54. The number of amides is 1. The summed E-state index contributed by atoms with van der Waals surface area (Å²) >= 11 is 0. The number of hydrogen-bond donors (Lipinski definition) is 0. The van der Waals surface area contributed by atoms with Crippen LogP contribution in [0.25, 0.3) is 0 Å². The van der Waals surface area contributed by atoms with Gasteiger partial charge in [-0.25, -0.2) is 0 Å². The molecule has 0 aliphatic heterocycles. The molecule has 154 valence electrons. The molecule has 0 unspecified atom stereocenters. The van der Waals surface area contributed by atoms with E-state index < -0.39 is 12.8 Å². The largest absolute Gasteiger partial charge is 0.411 e. The molecule has 0 aromatic heterocycles. The maximum absolute atomic E-state index is 12.9. The van der Waals surface area contributed by atoms with E-state index in [-0.39, 0.29) is 12.5 Å². The van der Waals surface area contributed by atoms with Crippen LogP contribution in [0.2, 0.25) is 0 Å². The van der Waals surface area contributed by atoms with E-state index in [9.17, 15) is 18.0 Å². The molecule has 4 saturated carbocycles. The minimum Gasteiger partial charge on any atom is -0.367 e. The maximum Gasteiger partial charge on any atom is 0.411 e. The summed E-state index contributed by atoms with van der Waals surface area (Å²) in [5.41, 5.74) is 1.50. The Morgan fingerprint density at radius 1 is 1.07 bits per heavy atom. The average Bonchev–Trinajstić information content (AvgIpc) is 2.59. The van der Waals surface area contributed by atoms with Gasteiger partial charge < -0.3 is 9.64 Å². The molecule has 0 heterocycles. The molecule has 0 spiro atoms. The number of nitrogens with zero attached hydrogens (tertiary/aromatic N) is 1. The van der Waals surface area contributed by atoms with E-state index in [4.69, 9.17) is 0 Å². The van der Waals surface area contributed by atoms with E-state index in [0.29, 0.717) is 16.5 Å². The minimum absolute atomic E-state index is 0.0153. The quantitative estimate of drug-likeness (QED) is 0.674. The summed E-state index contributed by atoms with van der Waals surface area (Å²) in [7, 11) is 1.88. The first-order valence-corrected chi connectivity index (χ1v) is 10.2. The molecule has 0 atom stereocenters. The van der Waals surface area contributed by atoms with Crippen molar-refractivity contribution in [1.29, 1.82) is 0 Å². The monoisotopic (exact) mass is 395 g/mol. The van der Waals surface area contributed by atoms with Crippen molar-refractivity contribution in [3.8, 4) is 0 Å². The summed E-state index contributed by atoms with van der Waals surface area (Å²) < 4.78 is 41.1. The Bertz CT molecular complexity index is 678. The topological polar surface area (TPSA) is 29.5 Å². The zero-order valence-electron chi connectivity index (χ0n) is 16.3. The Morgan fingerprint density at radius 2 is 1.61 bits per heavy atom. The second-order valence-electron chi connectivity index (χ2n) is 9.38. The molecular weight excluding hydrogens is 367 g/mol. The smallest absolute Gasteiger partial charge is 0.367 e. The van der Waals surface area contributed by atoms with Gasteiger partial charge in [0.05, 0.1) is 6.61 Å². The van der Waals surface area contributed by atoms with Gasteiger partial charge in [0.25, 0.3) is 5.91 Å². The van der Waals surface area contributed by atoms with Crippen LogP contribution in [-0.2, 0) is 11.3 Å². The van der Waals surface area contributed by atoms with Crippen LogP contribution in [0.15, 0.2) is 24.3 Å². The summed E-state index contributed by atoms with van der Waals surface area (Å²) in [4.78, 5) is 14.7. The number of ether oxygens (including phenoxy) is 1. The number of hydrogen-bond acceptors (Lipinski definition) is 2. The Morgan fingerprint density at radius 3 is 2.11 bits per heavy atom. The number of benzene rings is 1. The lowest BCUT2D eigenvalue weighted by Crippen LogP contribution is -2.51. The summed E-state index contributed by atoms with van der Waals surface area (Å²) in [6.07, 6.45) is 3.60. The second-order valence-corrected chi connectivity index (χ2v) is 9.38. The third kappa shape index (κ3) is 4.37. The Labute approximate surface area is 164 Å². The van der Waals surface area contributed by atoms with Gasteiger partial charge in [-0.15, -0.1) is 0 Å². The fourth-order valence-electron chi connectivity index (χ4n) is 6.31. The lowest BCUT2D eigenvalue weighted by molar-refractivity contribution is -0.176. The Hall–Kier alpha value is -1.56. The second kappa shape index (κ2) is 7.36. The molecule has 4 aliphatic carbocycles. The van der Waals surface area contributed by atoms with Gasteiger partial charge in [-0.2, -0.15) is 13.2 Å². The van der Waals surface area contributed by atoms with E-state index in [2.05, 4.69) is 4.74 Å². The highest BCUT2D eigenvalue weighted by Gasteiger charge is 2.51. The van der Waals surface area contributed by atoms with Gasteiger partial charge in [0, 0.05) is 19.2 Å². The minimum atomic E-state index is -4.32. The summed E-state index contributed by atoms with van der Waals surface area (Å²) in [6.45, 7) is -0.565. The first kappa shape index (κ1) is 19.7. The molecule has 1 aromatic carbocycles. The standard InChI is InChI=1S/C22H28F3NO2/c1-26(13-21-9-16-6-17(10-21)8-18(7-16)11-21)20(27)19-4-2-15(3-5-19)12-28-14-22(23,24)25/h2-5,16-18H,6-14H2,1H3. The zero-order chi connectivity index (χ0) is 19.9. The van der Waals surface area contributed by atoms with Gasteiger partial charge in [0.15, 0.2) is 0 Å². The van der Waals surface area contributed by atoms with Gasteiger partial charge in [-0.1, -0.05) is 12.1 Å². The molecule has 0 saturated heterocycles. The third-order valence-electron chi connectivity index (χ3n) is 6.82. The lowest BCUT2D eigenvalue weighted by atomic mass is 9.49. The van der Waals surface area contributed by atoms with Crippen molar-refractivity contribution in [2.24, 2.45) is 23.2 Å². The fraction of sp³-hybridized carbons (Fsp3) is 0.682. The predicted octanol–water partition coefficient (Wildman–Crippen LogP) is 5.05. The van der Waals surface area contributed by atoms with Crippen LogP contribution in [0.4, 0.5) is 13.2 Å². The van der Waals surface area contributed by atoms with Crippen LogP contribution in [0.1, 0.15) is 54.4 Å². The van der Waals surface area contributed by atoms with Crippen molar-refractivity contribution in [2.45, 2.75) is 51.3 Å². The molecule has 6 heteroatoms. The number of alkyl halides is 3. The van der Waals surface area contributed by atoms with Crippen LogP contribution in [0.3, 0.4) is 0 Å². The van der Waals surface area contributed by atoms with E-state index in [0.717, 1.165) is 24.3 Å². The van der Waals surface area contributed by atoms with E-state index in [1.807, 2.05) is 11.9 Å². The molecule has 4 aliphatic rings. The first-order valence-electron chi connectivity index (χ1n) is 10.2. The zero-order valence-corrected chi connectivity index (χ0v) is 16.3.